The van der Waals surface area contributed by atoms with E-state index in [4.69, 9.17) is 18.0 Å². The number of nitrogens with two attached hydrogens (primary N) is 1. The topological polar surface area (TPSA) is 46.3 Å². The average molecular weight is 304 g/mol. The second-order valence-electron chi connectivity index (χ2n) is 4.99. The maximum absolute atomic E-state index is 12.3. The summed E-state index contributed by atoms with van der Waals surface area (Å²) < 4.78 is 0. The largest absolute Gasteiger partial charge is 0.393 e. The third-order valence-electron chi connectivity index (χ3n) is 3.19. The number of amides is 1. The fourth-order valence-corrected chi connectivity index (χ4v) is 2.06. The van der Waals surface area contributed by atoms with Gasteiger partial charge in [-0.15, -0.1) is 0 Å². The van der Waals surface area contributed by atoms with E-state index >= 15 is 0 Å². The molecule has 114 valence electrons. The van der Waals surface area contributed by atoms with Crippen molar-refractivity contribution >= 4 is 29.2 Å². The molecule has 0 fully saturated rings. The number of nitrogens with zero attached hydrogens (tertiary/aromatic N) is 1. The lowest BCUT2D eigenvalue weighted by Gasteiger charge is -2.21. The van der Waals surface area contributed by atoms with Crippen LogP contribution in [0, 0.1) is 0 Å². The summed E-state index contributed by atoms with van der Waals surface area (Å²) in [6.07, 6.45) is 7.32. The molecular formula is C17H24N2OS. The minimum absolute atomic E-state index is 0.0196. The molecule has 2 N–H and O–H groups in total. The van der Waals surface area contributed by atoms with E-state index < -0.39 is 0 Å². The fraction of sp³-hybridized carbons (Fsp3) is 0.412. The number of unbranched alkanes of at least 4 members (excludes halogenated alkanes) is 2. The molecule has 0 saturated carbocycles. The van der Waals surface area contributed by atoms with E-state index in [0.29, 0.717) is 18.0 Å². The summed E-state index contributed by atoms with van der Waals surface area (Å²) in [6, 6.07) is 9.81. The van der Waals surface area contributed by atoms with Gasteiger partial charge in [-0.1, -0.05) is 62.3 Å². The van der Waals surface area contributed by atoms with Gasteiger partial charge in [-0.25, -0.2) is 0 Å². The SMILES string of the molecule is CCCCCN(CCC(N)=S)C(=O)/C=C/c1ccccc1. The molecule has 0 radical (unpaired) electrons. The zero-order valence-corrected chi connectivity index (χ0v) is 13.4. The number of hydrogen-bond acceptors (Lipinski definition) is 2. The van der Waals surface area contributed by atoms with Crippen molar-refractivity contribution < 1.29 is 4.79 Å². The number of thiocarbonyl (C=S) groups is 1. The second kappa shape index (κ2) is 10.1. The van der Waals surface area contributed by atoms with Gasteiger partial charge in [-0.05, 0) is 18.1 Å². The van der Waals surface area contributed by atoms with Gasteiger partial charge in [-0.3, -0.25) is 4.79 Å². The highest BCUT2D eigenvalue weighted by atomic mass is 32.1. The highest BCUT2D eigenvalue weighted by molar-refractivity contribution is 7.80. The van der Waals surface area contributed by atoms with Gasteiger partial charge >= 0.3 is 0 Å². The summed E-state index contributed by atoms with van der Waals surface area (Å²) in [4.78, 5) is 14.6. The molecular weight excluding hydrogens is 280 g/mol. The van der Waals surface area contributed by atoms with Crippen LogP contribution < -0.4 is 5.73 Å². The molecule has 0 saturated heterocycles. The molecule has 1 amide bonds. The van der Waals surface area contributed by atoms with Crippen molar-refractivity contribution in [1.29, 1.82) is 0 Å². The van der Waals surface area contributed by atoms with Crippen molar-refractivity contribution in [3.05, 3.63) is 42.0 Å². The summed E-state index contributed by atoms with van der Waals surface area (Å²) in [5.41, 5.74) is 6.56. The molecule has 0 bridgehead atoms. The fourth-order valence-electron chi connectivity index (χ4n) is 1.97. The van der Waals surface area contributed by atoms with Crippen LogP contribution >= 0.6 is 12.2 Å². The van der Waals surface area contributed by atoms with E-state index in [1.54, 1.807) is 6.08 Å². The van der Waals surface area contributed by atoms with Crippen molar-refractivity contribution in [2.75, 3.05) is 13.1 Å². The third-order valence-corrected chi connectivity index (χ3v) is 3.39. The van der Waals surface area contributed by atoms with E-state index in [1.165, 1.54) is 0 Å². The maximum Gasteiger partial charge on any atom is 0.246 e. The highest BCUT2D eigenvalue weighted by Gasteiger charge is 2.10. The van der Waals surface area contributed by atoms with Crippen LogP contribution in [0.15, 0.2) is 36.4 Å². The Morgan fingerprint density at radius 2 is 1.95 bits per heavy atom. The lowest BCUT2D eigenvalue weighted by molar-refractivity contribution is -0.126. The maximum atomic E-state index is 12.3. The van der Waals surface area contributed by atoms with Crippen LogP contribution in [0.5, 0.6) is 0 Å². The average Bonchev–Trinajstić information content (AvgIpc) is 2.49. The highest BCUT2D eigenvalue weighted by Crippen LogP contribution is 2.05. The van der Waals surface area contributed by atoms with Gasteiger partial charge in [0.15, 0.2) is 0 Å². The number of carbonyl (C=O) groups excluding carboxylic acids is 1. The van der Waals surface area contributed by atoms with Gasteiger partial charge in [0.2, 0.25) is 5.91 Å². The first-order chi connectivity index (χ1) is 10.1. The first-order valence-electron chi connectivity index (χ1n) is 7.44. The number of benzene rings is 1. The van der Waals surface area contributed by atoms with Gasteiger partial charge in [0.1, 0.15) is 0 Å². The van der Waals surface area contributed by atoms with E-state index in [1.807, 2.05) is 41.3 Å². The van der Waals surface area contributed by atoms with Crippen molar-refractivity contribution in [1.82, 2.24) is 4.90 Å². The lowest BCUT2D eigenvalue weighted by Crippen LogP contribution is -2.33. The van der Waals surface area contributed by atoms with Crippen LogP contribution in [-0.2, 0) is 4.79 Å². The Balaban J connectivity index is 2.60. The van der Waals surface area contributed by atoms with Crippen LogP contribution in [-0.4, -0.2) is 28.9 Å². The Kier molecular flexibility index (Phi) is 8.36. The van der Waals surface area contributed by atoms with Gasteiger partial charge < -0.3 is 10.6 Å². The van der Waals surface area contributed by atoms with Gasteiger partial charge in [0.05, 0.1) is 4.99 Å². The summed E-state index contributed by atoms with van der Waals surface area (Å²) >= 11 is 4.90. The quantitative estimate of drug-likeness (QED) is 0.432. The zero-order chi connectivity index (χ0) is 15.5. The Hall–Kier alpha value is -1.68. The number of carbonyl (C=O) groups is 1. The molecule has 1 aromatic carbocycles. The summed E-state index contributed by atoms with van der Waals surface area (Å²) in [5.74, 6) is 0.0196. The predicted molar refractivity (Wildman–Crippen MR) is 93.0 cm³/mol. The molecule has 0 heterocycles. The molecule has 0 atom stereocenters. The molecule has 0 unspecified atom stereocenters. The van der Waals surface area contributed by atoms with Gasteiger partial charge in [-0.2, -0.15) is 0 Å². The summed E-state index contributed by atoms with van der Waals surface area (Å²) in [6.45, 7) is 3.50. The van der Waals surface area contributed by atoms with Crippen molar-refractivity contribution in [3.63, 3.8) is 0 Å². The molecule has 4 heteroatoms. The van der Waals surface area contributed by atoms with E-state index in [0.717, 1.165) is 31.4 Å². The molecule has 3 nitrogen and oxygen atoms in total. The minimum Gasteiger partial charge on any atom is -0.393 e. The normalized spacial score (nSPS) is 10.7. The van der Waals surface area contributed by atoms with Crippen LogP contribution in [0.1, 0.15) is 38.2 Å². The van der Waals surface area contributed by atoms with Crippen LogP contribution in [0.4, 0.5) is 0 Å². The smallest absolute Gasteiger partial charge is 0.246 e. The number of hydrogen-bond donors (Lipinski definition) is 1. The Bertz CT molecular complexity index is 471. The standard InChI is InChI=1S/C17H24N2OS/c1-2-3-7-13-19(14-12-16(18)21)17(20)11-10-15-8-5-4-6-9-15/h4-6,8-11H,2-3,7,12-14H2,1H3,(H2,18,21)/b11-10+. The first-order valence-corrected chi connectivity index (χ1v) is 7.84. The van der Waals surface area contributed by atoms with Crippen LogP contribution in [0.25, 0.3) is 6.08 Å². The minimum atomic E-state index is 0.0196. The summed E-state index contributed by atoms with van der Waals surface area (Å²) in [7, 11) is 0. The monoisotopic (exact) mass is 304 g/mol. The predicted octanol–water partition coefficient (Wildman–Crippen LogP) is 3.39. The van der Waals surface area contributed by atoms with E-state index in [9.17, 15) is 4.79 Å². The van der Waals surface area contributed by atoms with Crippen LogP contribution in [0.2, 0.25) is 0 Å². The molecule has 0 spiro atoms. The molecule has 0 aliphatic carbocycles. The van der Waals surface area contributed by atoms with Gasteiger partial charge in [0.25, 0.3) is 0 Å². The van der Waals surface area contributed by atoms with Gasteiger partial charge in [0, 0.05) is 25.6 Å². The molecule has 0 aromatic heterocycles. The van der Waals surface area contributed by atoms with Crippen molar-refractivity contribution in [2.24, 2.45) is 5.73 Å². The van der Waals surface area contributed by atoms with E-state index in [2.05, 4.69) is 6.92 Å². The Labute approximate surface area is 132 Å². The number of rotatable bonds is 9. The van der Waals surface area contributed by atoms with Crippen molar-refractivity contribution in [3.8, 4) is 0 Å². The second-order valence-corrected chi connectivity index (χ2v) is 5.52. The zero-order valence-electron chi connectivity index (χ0n) is 12.6. The lowest BCUT2D eigenvalue weighted by atomic mass is 10.2. The van der Waals surface area contributed by atoms with E-state index in [-0.39, 0.29) is 5.91 Å². The molecule has 21 heavy (non-hydrogen) atoms. The van der Waals surface area contributed by atoms with Crippen LogP contribution in [0.3, 0.4) is 0 Å². The molecule has 0 aliphatic heterocycles. The van der Waals surface area contributed by atoms with Crippen molar-refractivity contribution in [2.45, 2.75) is 32.6 Å². The third kappa shape index (κ3) is 7.61. The molecule has 1 rings (SSSR count). The Morgan fingerprint density at radius 1 is 1.24 bits per heavy atom. The molecule has 0 aliphatic rings. The first kappa shape index (κ1) is 17.4. The summed E-state index contributed by atoms with van der Waals surface area (Å²) in [5, 5.41) is 0. The molecule has 1 aromatic rings. The Morgan fingerprint density at radius 3 is 2.57 bits per heavy atom.